The average Bonchev–Trinajstić information content (AvgIpc) is 2.64. The second-order valence-corrected chi connectivity index (χ2v) is 6.29. The van der Waals surface area contributed by atoms with Crippen LogP contribution in [0.2, 0.25) is 0 Å². The zero-order valence-corrected chi connectivity index (χ0v) is 13.2. The fraction of sp³-hybridized carbons (Fsp3) is 0.375. The molecule has 0 bridgehead atoms. The lowest BCUT2D eigenvalue weighted by molar-refractivity contribution is 0.709. The Balaban J connectivity index is 2.11. The highest BCUT2D eigenvalue weighted by Crippen LogP contribution is 2.28. The van der Waals surface area contributed by atoms with Crippen LogP contribution < -0.4 is 5.73 Å². The van der Waals surface area contributed by atoms with Crippen LogP contribution in [0.15, 0.2) is 22.7 Å². The molecule has 1 aromatic carbocycles. The molecule has 2 aromatic rings. The van der Waals surface area contributed by atoms with Crippen molar-refractivity contribution in [2.24, 2.45) is 0 Å². The maximum absolute atomic E-state index is 6.17. The van der Waals surface area contributed by atoms with Crippen LogP contribution >= 0.6 is 15.9 Å². The summed E-state index contributed by atoms with van der Waals surface area (Å²) < 4.78 is 1.07. The van der Waals surface area contributed by atoms with Gasteiger partial charge in [-0.1, -0.05) is 22.4 Å². The first-order valence-corrected chi connectivity index (χ1v) is 7.86. The molecule has 20 heavy (non-hydrogen) atoms. The molecule has 0 atom stereocenters. The fourth-order valence-corrected chi connectivity index (χ4v) is 3.27. The number of rotatable bonds is 1. The predicted octanol–water partition coefficient (Wildman–Crippen LogP) is 4.07. The van der Waals surface area contributed by atoms with E-state index in [1.54, 1.807) is 0 Å². The molecule has 0 spiro atoms. The van der Waals surface area contributed by atoms with E-state index in [0.29, 0.717) is 5.82 Å². The third kappa shape index (κ3) is 2.57. The average molecular weight is 332 g/mol. The lowest BCUT2D eigenvalue weighted by Crippen LogP contribution is -2.07. The summed E-state index contributed by atoms with van der Waals surface area (Å²) in [6.45, 7) is 2.07. The summed E-state index contributed by atoms with van der Waals surface area (Å²) in [6.07, 6.45) is 5.67. The Kier molecular flexibility index (Phi) is 3.74. The van der Waals surface area contributed by atoms with Crippen molar-refractivity contribution < 1.29 is 0 Å². The Hall–Kier alpha value is -1.42. The van der Waals surface area contributed by atoms with Gasteiger partial charge in [0.15, 0.2) is 5.82 Å². The summed E-state index contributed by atoms with van der Waals surface area (Å²) in [6, 6.07) is 6.16. The van der Waals surface area contributed by atoms with E-state index in [1.807, 2.05) is 6.07 Å². The predicted molar refractivity (Wildman–Crippen MR) is 85.6 cm³/mol. The number of anilines is 1. The molecule has 0 saturated heterocycles. The molecule has 4 heteroatoms. The monoisotopic (exact) mass is 331 g/mol. The topological polar surface area (TPSA) is 51.8 Å². The van der Waals surface area contributed by atoms with Crippen molar-refractivity contribution in [2.45, 2.75) is 39.0 Å². The van der Waals surface area contributed by atoms with Crippen LogP contribution in [0.3, 0.4) is 0 Å². The Bertz CT molecular complexity index is 652. The standard InChI is InChI=1S/C16H18BrN3/c1-10-9-11(17)7-8-12(10)16-19-14-6-4-2-3-5-13(14)15(18)20-16/h7-9H,2-6H2,1H3,(H2,18,19,20). The molecule has 1 aliphatic carbocycles. The second-order valence-electron chi connectivity index (χ2n) is 5.38. The van der Waals surface area contributed by atoms with E-state index in [1.165, 1.54) is 24.8 Å². The van der Waals surface area contributed by atoms with E-state index < -0.39 is 0 Å². The van der Waals surface area contributed by atoms with Gasteiger partial charge in [-0.25, -0.2) is 9.97 Å². The van der Waals surface area contributed by atoms with Crippen molar-refractivity contribution in [1.82, 2.24) is 9.97 Å². The van der Waals surface area contributed by atoms with E-state index in [4.69, 9.17) is 10.7 Å². The van der Waals surface area contributed by atoms with Crippen molar-refractivity contribution in [1.29, 1.82) is 0 Å². The van der Waals surface area contributed by atoms with Crippen LogP contribution in [0.25, 0.3) is 11.4 Å². The third-order valence-electron chi connectivity index (χ3n) is 3.89. The zero-order valence-electron chi connectivity index (χ0n) is 11.6. The van der Waals surface area contributed by atoms with Crippen LogP contribution in [-0.4, -0.2) is 9.97 Å². The van der Waals surface area contributed by atoms with Gasteiger partial charge in [0, 0.05) is 21.3 Å². The zero-order chi connectivity index (χ0) is 14.1. The highest BCUT2D eigenvalue weighted by atomic mass is 79.9. The van der Waals surface area contributed by atoms with Gasteiger partial charge in [-0.3, -0.25) is 0 Å². The van der Waals surface area contributed by atoms with Crippen molar-refractivity contribution in [3.05, 3.63) is 39.5 Å². The van der Waals surface area contributed by atoms with E-state index in [-0.39, 0.29) is 0 Å². The number of hydrogen-bond donors (Lipinski definition) is 1. The summed E-state index contributed by atoms with van der Waals surface area (Å²) in [4.78, 5) is 9.33. The minimum Gasteiger partial charge on any atom is -0.383 e. The third-order valence-corrected chi connectivity index (χ3v) is 4.39. The van der Waals surface area contributed by atoms with Crippen molar-refractivity contribution in [2.75, 3.05) is 5.73 Å². The lowest BCUT2D eigenvalue weighted by Gasteiger charge is -2.12. The van der Waals surface area contributed by atoms with Gasteiger partial charge >= 0.3 is 0 Å². The Morgan fingerprint density at radius 3 is 2.70 bits per heavy atom. The molecular formula is C16H18BrN3. The number of nitrogen functional groups attached to an aromatic ring is 1. The van der Waals surface area contributed by atoms with Crippen LogP contribution in [0.5, 0.6) is 0 Å². The second kappa shape index (κ2) is 5.52. The number of hydrogen-bond acceptors (Lipinski definition) is 3. The highest BCUT2D eigenvalue weighted by Gasteiger charge is 2.16. The number of aryl methyl sites for hydroxylation is 2. The SMILES string of the molecule is Cc1cc(Br)ccc1-c1nc(N)c2c(n1)CCCCC2. The molecule has 3 rings (SSSR count). The first kappa shape index (κ1) is 13.6. The summed E-state index contributed by atoms with van der Waals surface area (Å²) in [5.74, 6) is 1.42. The van der Waals surface area contributed by atoms with Gasteiger partial charge in [0.1, 0.15) is 5.82 Å². The molecule has 0 fully saturated rings. The van der Waals surface area contributed by atoms with Gasteiger partial charge < -0.3 is 5.73 Å². The number of nitrogens with zero attached hydrogens (tertiary/aromatic N) is 2. The maximum Gasteiger partial charge on any atom is 0.162 e. The van der Waals surface area contributed by atoms with Gasteiger partial charge in [0.2, 0.25) is 0 Å². The molecule has 0 unspecified atom stereocenters. The molecule has 3 nitrogen and oxygen atoms in total. The molecule has 1 heterocycles. The van der Waals surface area contributed by atoms with Crippen LogP contribution in [0.4, 0.5) is 5.82 Å². The van der Waals surface area contributed by atoms with Crippen LogP contribution in [0, 0.1) is 6.92 Å². The summed E-state index contributed by atoms with van der Waals surface area (Å²) >= 11 is 3.49. The maximum atomic E-state index is 6.17. The number of nitrogens with two attached hydrogens (primary N) is 1. The Morgan fingerprint density at radius 2 is 1.90 bits per heavy atom. The number of halogens is 1. The van der Waals surface area contributed by atoms with Gasteiger partial charge in [-0.2, -0.15) is 0 Å². The quantitative estimate of drug-likeness (QED) is 0.801. The summed E-state index contributed by atoms with van der Waals surface area (Å²) in [5, 5.41) is 0. The summed E-state index contributed by atoms with van der Waals surface area (Å²) in [5.41, 5.74) is 10.7. The smallest absolute Gasteiger partial charge is 0.162 e. The number of aromatic nitrogens is 2. The van der Waals surface area contributed by atoms with E-state index >= 15 is 0 Å². The molecule has 0 saturated carbocycles. The van der Waals surface area contributed by atoms with Gasteiger partial charge in [-0.15, -0.1) is 0 Å². The molecule has 0 radical (unpaired) electrons. The normalized spacial score (nSPS) is 14.7. The number of benzene rings is 1. The molecule has 1 aromatic heterocycles. The molecule has 0 aliphatic heterocycles. The summed E-state index contributed by atoms with van der Waals surface area (Å²) in [7, 11) is 0. The molecule has 0 amide bonds. The van der Waals surface area contributed by atoms with Crippen LogP contribution in [-0.2, 0) is 12.8 Å². The lowest BCUT2D eigenvalue weighted by atomic mass is 10.1. The fourth-order valence-electron chi connectivity index (χ4n) is 2.80. The van der Waals surface area contributed by atoms with Crippen LogP contribution in [0.1, 0.15) is 36.1 Å². The molecule has 1 aliphatic rings. The van der Waals surface area contributed by atoms with Crippen molar-refractivity contribution in [3.63, 3.8) is 0 Å². The van der Waals surface area contributed by atoms with Crippen molar-refractivity contribution in [3.8, 4) is 11.4 Å². The van der Waals surface area contributed by atoms with Gasteiger partial charge in [-0.05, 0) is 56.4 Å². The highest BCUT2D eigenvalue weighted by molar-refractivity contribution is 9.10. The molecular weight excluding hydrogens is 314 g/mol. The largest absolute Gasteiger partial charge is 0.383 e. The van der Waals surface area contributed by atoms with Gasteiger partial charge in [0.05, 0.1) is 0 Å². The number of fused-ring (bicyclic) bond motifs is 1. The Morgan fingerprint density at radius 1 is 1.10 bits per heavy atom. The van der Waals surface area contributed by atoms with E-state index in [0.717, 1.165) is 40.0 Å². The van der Waals surface area contributed by atoms with Crippen molar-refractivity contribution >= 4 is 21.7 Å². The van der Waals surface area contributed by atoms with Gasteiger partial charge in [0.25, 0.3) is 0 Å². The molecule has 2 N–H and O–H groups in total. The first-order chi connectivity index (χ1) is 9.65. The van der Waals surface area contributed by atoms with E-state index in [2.05, 4.69) is 40.0 Å². The molecule has 104 valence electrons. The first-order valence-electron chi connectivity index (χ1n) is 7.07. The minimum absolute atomic E-state index is 0.661. The van der Waals surface area contributed by atoms with E-state index in [9.17, 15) is 0 Å². The minimum atomic E-state index is 0.661. The Labute approximate surface area is 127 Å².